The SMILES string of the molecule is Cc1cc(-c2cc(F)c3c(c2OCCCOc2c(-c4cc(C)cc(-n5c6cc(SC(C)(C)C)ccc6c6ccc(SC(C)(C)C)cc65)c4O)cc(F)c4c2CCC4)CCC3)c(O)c(-n2c3cc(SC(C)(C)C)ccc3c3ccc(SC(C)(C)C)cc32)c1. The summed E-state index contributed by atoms with van der Waals surface area (Å²) >= 11 is 7.23. The molecule has 0 bridgehead atoms. The molecule has 0 saturated heterocycles. The number of hydrogen-bond donors (Lipinski definition) is 2. The summed E-state index contributed by atoms with van der Waals surface area (Å²) in [6.07, 6.45) is 4.55. The van der Waals surface area contributed by atoms with E-state index in [9.17, 15) is 10.2 Å². The van der Waals surface area contributed by atoms with E-state index in [-0.39, 0.29) is 55.3 Å². The van der Waals surface area contributed by atoms with Crippen molar-refractivity contribution in [3.05, 3.63) is 154 Å². The van der Waals surface area contributed by atoms with Gasteiger partial charge in [-0.1, -0.05) is 107 Å². The van der Waals surface area contributed by atoms with Gasteiger partial charge >= 0.3 is 0 Å². The lowest BCUT2D eigenvalue weighted by Crippen LogP contribution is -2.10. The van der Waals surface area contributed by atoms with Crippen LogP contribution in [0.1, 0.15) is 136 Å². The van der Waals surface area contributed by atoms with Gasteiger partial charge in [0, 0.05) is 99.9 Å². The lowest BCUT2D eigenvalue weighted by Gasteiger charge is -2.22. The fourth-order valence-corrected chi connectivity index (χ4v) is 17.0. The molecule has 87 heavy (non-hydrogen) atoms. The summed E-state index contributed by atoms with van der Waals surface area (Å²) in [5.74, 6) is 0.632. The molecular weight excluding hydrogens is 1160 g/mol. The van der Waals surface area contributed by atoms with Crippen LogP contribution >= 0.6 is 47.0 Å². The van der Waals surface area contributed by atoms with Crippen LogP contribution in [0.25, 0.3) is 77.2 Å². The molecule has 12 rings (SSSR count). The van der Waals surface area contributed by atoms with Crippen molar-refractivity contribution in [2.45, 2.75) is 180 Å². The average molecular weight is 1240 g/mol. The number of rotatable bonds is 14. The number of halogens is 2. The smallest absolute Gasteiger partial charge is 0.147 e. The summed E-state index contributed by atoms with van der Waals surface area (Å²) in [5, 5.41) is 30.1. The molecule has 12 heteroatoms. The van der Waals surface area contributed by atoms with E-state index in [1.807, 2.05) is 85.2 Å². The van der Waals surface area contributed by atoms with Crippen molar-refractivity contribution in [3.63, 3.8) is 0 Å². The molecule has 0 saturated carbocycles. The number of phenolic OH excluding ortho intramolecular Hbond substituents is 2. The number of nitrogens with zero attached hydrogens (tertiary/aromatic N) is 2. The monoisotopic (exact) mass is 1240 g/mol. The summed E-state index contributed by atoms with van der Waals surface area (Å²) < 4.78 is 51.2. The summed E-state index contributed by atoms with van der Waals surface area (Å²) in [5.41, 5.74) is 11.9. The molecule has 0 radical (unpaired) electrons. The topological polar surface area (TPSA) is 68.8 Å². The Bertz CT molecular complexity index is 3970. The molecule has 6 nitrogen and oxygen atoms in total. The fraction of sp³-hybridized carbons (Fsp3) is 0.360. The van der Waals surface area contributed by atoms with Crippen LogP contribution in [-0.4, -0.2) is 51.5 Å². The van der Waals surface area contributed by atoms with Crippen LogP contribution in [0, 0.1) is 25.5 Å². The molecule has 2 N–H and O–H groups in total. The van der Waals surface area contributed by atoms with Crippen LogP contribution in [0.15, 0.2) is 129 Å². The molecule has 0 aliphatic heterocycles. The van der Waals surface area contributed by atoms with Crippen LogP contribution in [-0.2, 0) is 25.7 Å². The van der Waals surface area contributed by atoms with E-state index in [1.54, 1.807) is 12.1 Å². The van der Waals surface area contributed by atoms with Gasteiger partial charge in [0.25, 0.3) is 0 Å². The van der Waals surface area contributed by atoms with Crippen molar-refractivity contribution in [2.75, 3.05) is 13.2 Å². The average Bonchev–Trinajstić information content (AvgIpc) is 1.72. The van der Waals surface area contributed by atoms with E-state index in [0.29, 0.717) is 88.4 Å². The largest absolute Gasteiger partial charge is 0.505 e. The molecule has 0 unspecified atom stereocenters. The zero-order valence-corrected chi connectivity index (χ0v) is 56.0. The highest BCUT2D eigenvalue weighted by atomic mass is 32.2. The Labute approximate surface area is 529 Å². The van der Waals surface area contributed by atoms with E-state index in [4.69, 9.17) is 9.47 Å². The number of benzene rings is 8. The molecule has 2 aliphatic carbocycles. The number of aryl methyl sites for hydroxylation is 2. The Morgan fingerprint density at radius 1 is 0.402 bits per heavy atom. The van der Waals surface area contributed by atoms with Crippen molar-refractivity contribution in [1.82, 2.24) is 9.13 Å². The van der Waals surface area contributed by atoms with Crippen molar-refractivity contribution in [1.29, 1.82) is 0 Å². The number of thioether (sulfide) groups is 4. The minimum atomic E-state index is -0.299. The number of fused-ring (bicyclic) bond motifs is 8. The van der Waals surface area contributed by atoms with Gasteiger partial charge in [0.1, 0.15) is 34.6 Å². The zero-order chi connectivity index (χ0) is 61.8. The number of ether oxygens (including phenoxy) is 2. The Kier molecular flexibility index (Phi) is 16.1. The van der Waals surface area contributed by atoms with Gasteiger partial charge in [-0.25, -0.2) is 8.78 Å². The molecule has 8 aromatic carbocycles. The summed E-state index contributed by atoms with van der Waals surface area (Å²) in [7, 11) is 0. The van der Waals surface area contributed by atoms with Gasteiger partial charge in [-0.2, -0.15) is 0 Å². The molecule has 2 heterocycles. The molecule has 2 aliphatic rings. The Balaban J connectivity index is 0.901. The third-order valence-electron chi connectivity index (χ3n) is 16.0. The predicted molar refractivity (Wildman–Crippen MR) is 367 cm³/mol. The van der Waals surface area contributed by atoms with Crippen LogP contribution < -0.4 is 9.47 Å². The molecule has 0 atom stereocenters. The van der Waals surface area contributed by atoms with Crippen molar-refractivity contribution in [3.8, 4) is 56.6 Å². The second-order valence-electron chi connectivity index (χ2n) is 27.7. The predicted octanol–water partition coefficient (Wildman–Crippen LogP) is 21.9. The van der Waals surface area contributed by atoms with Crippen LogP contribution in [0.4, 0.5) is 8.78 Å². The minimum Gasteiger partial charge on any atom is -0.505 e. The molecule has 0 spiro atoms. The first-order valence-electron chi connectivity index (χ1n) is 30.6. The number of aromatic nitrogens is 2. The number of hydrogen-bond acceptors (Lipinski definition) is 8. The Morgan fingerprint density at radius 2 is 0.701 bits per heavy atom. The van der Waals surface area contributed by atoms with Crippen LogP contribution in [0.3, 0.4) is 0 Å². The van der Waals surface area contributed by atoms with Gasteiger partial charge in [0.15, 0.2) is 0 Å². The maximum absolute atomic E-state index is 16.6. The first-order valence-corrected chi connectivity index (χ1v) is 33.9. The fourth-order valence-electron chi connectivity index (χ4n) is 13.0. The van der Waals surface area contributed by atoms with Gasteiger partial charge < -0.3 is 28.8 Å². The first kappa shape index (κ1) is 61.1. The van der Waals surface area contributed by atoms with E-state index in [1.165, 1.54) is 0 Å². The maximum Gasteiger partial charge on any atom is 0.147 e. The van der Waals surface area contributed by atoms with Gasteiger partial charge in [-0.15, -0.1) is 47.0 Å². The lowest BCUT2D eigenvalue weighted by atomic mass is 9.95. The normalized spacial score (nSPS) is 13.9. The quantitative estimate of drug-likeness (QED) is 0.0825. The molecule has 452 valence electrons. The second-order valence-corrected chi connectivity index (χ2v) is 35.3. The Hall–Kier alpha value is -6.18. The van der Waals surface area contributed by atoms with Gasteiger partial charge in [-0.05, 0) is 160 Å². The highest BCUT2D eigenvalue weighted by Gasteiger charge is 2.31. The van der Waals surface area contributed by atoms with Crippen molar-refractivity contribution in [2.24, 2.45) is 0 Å². The van der Waals surface area contributed by atoms with Crippen LogP contribution in [0.2, 0.25) is 0 Å². The first-order chi connectivity index (χ1) is 41.1. The highest BCUT2D eigenvalue weighted by molar-refractivity contribution is 8.01. The third kappa shape index (κ3) is 12.4. The maximum atomic E-state index is 16.6. The minimum absolute atomic E-state index is 0.0247. The summed E-state index contributed by atoms with van der Waals surface area (Å²) in [4.78, 5) is 4.51. The number of phenols is 2. The number of aromatic hydroxyl groups is 2. The zero-order valence-electron chi connectivity index (χ0n) is 52.8. The van der Waals surface area contributed by atoms with E-state index >= 15 is 8.78 Å². The van der Waals surface area contributed by atoms with Crippen molar-refractivity contribution < 1.29 is 28.5 Å². The second kappa shape index (κ2) is 23.0. The van der Waals surface area contributed by atoms with Gasteiger partial charge in [-0.3, -0.25) is 0 Å². The Morgan fingerprint density at radius 3 is 1.00 bits per heavy atom. The molecule has 10 aromatic rings. The van der Waals surface area contributed by atoms with Crippen molar-refractivity contribution >= 4 is 90.7 Å². The van der Waals surface area contributed by atoms with Gasteiger partial charge in [0.05, 0.1) is 46.7 Å². The van der Waals surface area contributed by atoms with E-state index in [2.05, 4.69) is 165 Å². The van der Waals surface area contributed by atoms with E-state index < -0.39 is 0 Å². The highest BCUT2D eigenvalue weighted by Crippen LogP contribution is 2.51. The lowest BCUT2D eigenvalue weighted by molar-refractivity contribution is 0.246. The molecule has 0 fully saturated rings. The summed E-state index contributed by atoms with van der Waals surface area (Å²) in [6, 6.07) is 37.5. The van der Waals surface area contributed by atoms with Gasteiger partial charge in [0.2, 0.25) is 0 Å². The molecular formula is C75H80F2N2O4S4. The van der Waals surface area contributed by atoms with E-state index in [0.717, 1.165) is 98.3 Å². The third-order valence-corrected chi connectivity index (χ3v) is 20.4. The molecule has 2 aromatic heterocycles. The summed E-state index contributed by atoms with van der Waals surface area (Å²) in [6.45, 7) is 31.1. The van der Waals surface area contributed by atoms with Crippen LogP contribution in [0.5, 0.6) is 23.0 Å². The molecule has 0 amide bonds. The standard InChI is InChI=1S/C75H80F2N2O4S4/c1-42-32-56(68(80)66(34-42)78-62-36-44(84-72(3,4)5)22-26-50(62)51-27-23-45(37-63(51)78)85-73(6,7)8)58-40-60(76)48-18-15-20-54(48)70(58)82-30-17-31-83-71-55-21-16-19-49(55)61(77)41-59(71)57-33-43(2)35-67(69(57)81)79-64-38-46(86-74(9,10)11)24-28-52(64)53-29-25-47(39-65(53)79)87-75(12,13)14/h22-29,32-41,80-81H,15-21,30-31H2,1-14H3.